The van der Waals surface area contributed by atoms with Crippen molar-refractivity contribution in [1.82, 2.24) is 29.9 Å². The number of rotatable bonds is 39. The molecular formula is C62H88ClN11O9S. The maximum absolute atomic E-state index is 13.8. The highest BCUT2D eigenvalue weighted by Gasteiger charge is 2.33. The van der Waals surface area contributed by atoms with E-state index >= 15 is 0 Å². The predicted octanol–water partition coefficient (Wildman–Crippen LogP) is 7.73. The molecule has 1 saturated heterocycles. The quantitative estimate of drug-likeness (QED) is 0.00838. The molecule has 0 aliphatic carbocycles. The number of anilines is 2. The molecule has 5 rings (SSSR count). The van der Waals surface area contributed by atoms with E-state index in [0.717, 1.165) is 80.4 Å². The van der Waals surface area contributed by atoms with Gasteiger partial charge in [-0.05, 0) is 119 Å². The van der Waals surface area contributed by atoms with Crippen molar-refractivity contribution >= 4 is 69.8 Å². The van der Waals surface area contributed by atoms with Crippen LogP contribution in [0, 0.1) is 0 Å². The minimum absolute atomic E-state index is 0.103. The number of hydrazone groups is 1. The molecule has 0 radical (unpaired) electrons. The zero-order valence-electron chi connectivity index (χ0n) is 49.7. The lowest BCUT2D eigenvalue weighted by molar-refractivity contribution is -0.142. The van der Waals surface area contributed by atoms with Crippen molar-refractivity contribution in [1.29, 1.82) is 0 Å². The van der Waals surface area contributed by atoms with Gasteiger partial charge in [0, 0.05) is 87.5 Å². The third-order valence-electron chi connectivity index (χ3n) is 13.2. The molecule has 1 aromatic heterocycles. The minimum atomic E-state index is -0.835. The zero-order chi connectivity index (χ0) is 60.7. The molecule has 4 amide bonds. The number of thiazole rings is 1. The van der Waals surface area contributed by atoms with Gasteiger partial charge in [0.2, 0.25) is 24.1 Å². The van der Waals surface area contributed by atoms with Gasteiger partial charge >= 0.3 is 0 Å². The first-order valence-electron chi connectivity index (χ1n) is 28.5. The van der Waals surface area contributed by atoms with Gasteiger partial charge in [0.05, 0.1) is 70.6 Å². The summed E-state index contributed by atoms with van der Waals surface area (Å²) in [5.41, 5.74) is 4.90. The Morgan fingerprint density at radius 2 is 1.51 bits per heavy atom. The fourth-order valence-electron chi connectivity index (χ4n) is 8.40. The molecule has 4 aromatic rings. The number of nitrogens with one attached hydrogen (secondary N) is 3. The smallest absolute Gasteiger partial charge is 0.247 e. The van der Waals surface area contributed by atoms with Crippen LogP contribution in [0.4, 0.5) is 10.8 Å². The third kappa shape index (κ3) is 27.6. The minimum Gasteiger partial charge on any atom is -0.494 e. The molecule has 2 heterocycles. The molecule has 0 saturated carbocycles. The first-order chi connectivity index (χ1) is 40.8. The zero-order valence-corrected chi connectivity index (χ0v) is 51.3. The highest BCUT2D eigenvalue weighted by atomic mass is 35.5. The lowest BCUT2D eigenvalue weighted by Crippen LogP contribution is -2.47. The van der Waals surface area contributed by atoms with Gasteiger partial charge in [0.25, 0.3) is 0 Å². The molecule has 1 aliphatic rings. The van der Waals surface area contributed by atoms with Crippen molar-refractivity contribution in [3.8, 4) is 11.5 Å². The number of hydrogen-bond acceptors (Lipinski definition) is 17. The summed E-state index contributed by atoms with van der Waals surface area (Å²) in [6.45, 7) is 21.4. The number of aromatic nitrogens is 1. The van der Waals surface area contributed by atoms with Gasteiger partial charge in [-0.25, -0.2) is 4.98 Å². The van der Waals surface area contributed by atoms with Crippen molar-refractivity contribution in [2.75, 3.05) is 137 Å². The Kier molecular flexibility index (Phi) is 34.0. The van der Waals surface area contributed by atoms with Crippen LogP contribution in [-0.2, 0) is 46.2 Å². The number of unbranched alkanes of at least 4 members (excludes halogenated alkanes) is 1. The molecule has 1 atom stereocenters. The summed E-state index contributed by atoms with van der Waals surface area (Å²) in [7, 11) is 6.02. The van der Waals surface area contributed by atoms with E-state index in [-0.39, 0.29) is 36.7 Å². The van der Waals surface area contributed by atoms with E-state index < -0.39 is 6.04 Å². The largest absolute Gasteiger partial charge is 0.494 e. The van der Waals surface area contributed by atoms with Gasteiger partial charge in [-0.15, -0.1) is 11.3 Å². The van der Waals surface area contributed by atoms with Crippen LogP contribution in [0.2, 0.25) is 5.02 Å². The first-order valence-corrected chi connectivity index (χ1v) is 29.7. The Morgan fingerprint density at radius 1 is 0.845 bits per heavy atom. The summed E-state index contributed by atoms with van der Waals surface area (Å²) in [6.07, 6.45) is 10.9. The van der Waals surface area contributed by atoms with Crippen LogP contribution in [0.3, 0.4) is 0 Å². The SMILES string of the molecule is C=C/C=C(\C=C)CNC(=O)C(c1ccc(Cl)cc1)N(C(=O)CCc1ccc(OCCCCN(C)CCOCCOCC/C(C=NCCOCCOc2ccc(NC)cc2)=N/N)cc1)C(C)C.CN1CCN(C(=O)Cc2csc(NC=O)n2)CC1. The van der Waals surface area contributed by atoms with Crippen molar-refractivity contribution in [3.63, 3.8) is 0 Å². The number of carbonyl (C=O) groups excluding carboxylic acids is 4. The number of allylic oxidation sites excluding steroid dienone is 2. The van der Waals surface area contributed by atoms with E-state index in [9.17, 15) is 19.2 Å². The van der Waals surface area contributed by atoms with Crippen LogP contribution in [0.5, 0.6) is 11.5 Å². The van der Waals surface area contributed by atoms with E-state index in [1.54, 1.807) is 59.0 Å². The third-order valence-corrected chi connectivity index (χ3v) is 14.3. The number of amides is 4. The van der Waals surface area contributed by atoms with E-state index in [1.165, 1.54) is 11.3 Å². The second-order valence-electron chi connectivity index (χ2n) is 19.9. The van der Waals surface area contributed by atoms with Crippen molar-refractivity contribution < 1.29 is 42.9 Å². The number of nitrogens with two attached hydrogens (primary N) is 1. The van der Waals surface area contributed by atoms with E-state index in [2.05, 4.69) is 68.1 Å². The summed E-state index contributed by atoms with van der Waals surface area (Å²) < 4.78 is 28.7. The Morgan fingerprint density at radius 3 is 2.17 bits per heavy atom. The van der Waals surface area contributed by atoms with E-state index in [1.807, 2.05) is 74.3 Å². The molecule has 84 heavy (non-hydrogen) atoms. The summed E-state index contributed by atoms with van der Waals surface area (Å²) in [5, 5.41) is 15.2. The number of ether oxygens (including phenoxy) is 5. The number of nitrogens with zero attached hydrogens (tertiary/aromatic N) is 7. The van der Waals surface area contributed by atoms with Crippen LogP contribution in [-0.4, -0.2) is 193 Å². The maximum atomic E-state index is 13.8. The molecule has 20 nitrogen and oxygen atoms in total. The van der Waals surface area contributed by atoms with Crippen LogP contribution < -0.4 is 31.3 Å². The average Bonchev–Trinajstić information content (AvgIpc) is 4.02. The number of likely N-dealkylation sites (N-methyl/N-ethyl adjacent to an activating group) is 2. The number of aliphatic imine (C=N–C) groups is 1. The molecule has 3 aromatic carbocycles. The van der Waals surface area contributed by atoms with Gasteiger partial charge in [0.15, 0.2) is 5.13 Å². The Bertz CT molecular complexity index is 2650. The van der Waals surface area contributed by atoms with Crippen molar-refractivity contribution in [2.45, 2.75) is 64.5 Å². The summed E-state index contributed by atoms with van der Waals surface area (Å²) in [6, 6.07) is 21.6. The Labute approximate surface area is 506 Å². The number of benzene rings is 3. The van der Waals surface area contributed by atoms with Gasteiger partial charge in [-0.1, -0.05) is 67.3 Å². The molecule has 0 bridgehead atoms. The lowest BCUT2D eigenvalue weighted by Gasteiger charge is -2.35. The van der Waals surface area contributed by atoms with E-state index in [0.29, 0.717) is 112 Å². The lowest BCUT2D eigenvalue weighted by atomic mass is 10.0. The number of halogens is 1. The second kappa shape index (κ2) is 41.1. The van der Waals surface area contributed by atoms with Crippen LogP contribution in [0.15, 0.2) is 125 Å². The molecule has 1 fully saturated rings. The van der Waals surface area contributed by atoms with Gasteiger partial charge in [0.1, 0.15) is 24.1 Å². The van der Waals surface area contributed by atoms with Crippen LogP contribution in [0.1, 0.15) is 62.4 Å². The van der Waals surface area contributed by atoms with Crippen LogP contribution >= 0.6 is 22.9 Å². The average molecular weight is 1200 g/mol. The summed E-state index contributed by atoms with van der Waals surface area (Å²) in [4.78, 5) is 66.3. The molecule has 0 spiro atoms. The second-order valence-corrected chi connectivity index (χ2v) is 21.2. The fraction of sp³-hybridized carbons (Fsp3) is 0.468. The van der Waals surface area contributed by atoms with Gasteiger partial charge < -0.3 is 65.1 Å². The molecule has 458 valence electrons. The van der Waals surface area contributed by atoms with E-state index in [4.69, 9.17) is 41.1 Å². The van der Waals surface area contributed by atoms with Crippen LogP contribution in [0.25, 0.3) is 0 Å². The molecule has 5 N–H and O–H groups in total. The highest BCUT2D eigenvalue weighted by molar-refractivity contribution is 7.13. The highest BCUT2D eigenvalue weighted by Crippen LogP contribution is 2.27. The standard InChI is InChI=1S/C51H72ClN7O7.C11H16N4O2S/c1-7-11-41(8-2)38-56-51(61)50(43-15-17-44(52)18-16-43)59(40(3)4)49(60)25-14-42-12-21-47(22-13-42)65-30-10-9-28-58(6)29-33-64-35-34-62-31-26-46(57-53)39-55-27-32-63-36-37-66-48-23-19-45(54-5)20-24-48;1-14-2-4-15(5-3-14)10(17)6-9-7-18-11(13-9)12-8-16/h7-8,11-13,15-24,39-40,50,54H,1-2,9-10,14,25-38,53H2,3-6H3,(H,56,61);7-8H,2-6H2,1H3,(H,12,13,16)/b41-11+,55-39?,57-46-;. The number of piperazine rings is 1. The number of hydrogen-bond donors (Lipinski definition) is 4. The predicted molar refractivity (Wildman–Crippen MR) is 338 cm³/mol. The molecule has 1 unspecified atom stereocenters. The maximum Gasteiger partial charge on any atom is 0.247 e. The number of aryl methyl sites for hydroxylation is 1. The monoisotopic (exact) mass is 1200 g/mol. The molecular weight excluding hydrogens is 1110 g/mol. The Balaban J connectivity index is 0.000000707. The molecule has 22 heteroatoms. The number of carbonyl (C=O) groups is 4. The first kappa shape index (κ1) is 69.5. The van der Waals surface area contributed by atoms with Crippen molar-refractivity contribution in [3.05, 3.63) is 137 Å². The normalized spacial score (nSPS) is 13.3. The summed E-state index contributed by atoms with van der Waals surface area (Å²) >= 11 is 7.50. The van der Waals surface area contributed by atoms with Gasteiger partial charge in [-0.3, -0.25) is 24.2 Å². The van der Waals surface area contributed by atoms with Gasteiger partial charge in [-0.2, -0.15) is 5.10 Å². The van der Waals surface area contributed by atoms with Crippen molar-refractivity contribution in [2.24, 2.45) is 15.9 Å². The summed E-state index contributed by atoms with van der Waals surface area (Å²) in [5.74, 6) is 6.80. The topological polar surface area (TPSA) is 227 Å². The molecule has 1 aliphatic heterocycles. The fourth-order valence-corrected chi connectivity index (χ4v) is 9.20. The Hall–Kier alpha value is -6.98.